The van der Waals surface area contributed by atoms with Crippen LogP contribution in [0.15, 0.2) is 36.9 Å². The molecule has 1 heterocycles. The van der Waals surface area contributed by atoms with Gasteiger partial charge < -0.3 is 43.0 Å². The van der Waals surface area contributed by atoms with E-state index in [9.17, 15) is 5.11 Å². The highest BCUT2D eigenvalue weighted by Crippen LogP contribution is 2.32. The standard InChI is InChI=1S/C32H54O9/c1-9-10-11-26(33)18-29(39-22-35-7)24(3)28(38-21-34-6)17-12-23(2)31(30-20-40-32(4,5)41-30)37-19-25-13-15-27(36-8)16-14-25/h9,13-16,23-24,26,28-31,33H,1,10-12,17-22H2,2-8H3/t23-,24+,26+,28+,29-,30+,31+/m1/s1. The van der Waals surface area contributed by atoms with E-state index < -0.39 is 11.9 Å². The van der Waals surface area contributed by atoms with E-state index in [1.807, 2.05) is 44.2 Å². The van der Waals surface area contributed by atoms with Crippen molar-refractivity contribution >= 4 is 0 Å². The van der Waals surface area contributed by atoms with Crippen LogP contribution in [0.25, 0.3) is 0 Å². The minimum atomic E-state index is -0.650. The first-order valence-corrected chi connectivity index (χ1v) is 14.7. The first-order valence-electron chi connectivity index (χ1n) is 14.7. The van der Waals surface area contributed by atoms with Gasteiger partial charge >= 0.3 is 0 Å². The van der Waals surface area contributed by atoms with Gasteiger partial charge in [0.1, 0.15) is 25.4 Å². The summed E-state index contributed by atoms with van der Waals surface area (Å²) >= 11 is 0. The molecule has 0 aliphatic carbocycles. The summed E-state index contributed by atoms with van der Waals surface area (Å²) in [6.45, 7) is 13.1. The fourth-order valence-electron chi connectivity index (χ4n) is 5.20. The second kappa shape index (κ2) is 18.9. The van der Waals surface area contributed by atoms with E-state index in [0.29, 0.717) is 26.1 Å². The largest absolute Gasteiger partial charge is 0.497 e. The summed E-state index contributed by atoms with van der Waals surface area (Å²) < 4.78 is 46.6. The van der Waals surface area contributed by atoms with E-state index in [-0.39, 0.29) is 49.8 Å². The van der Waals surface area contributed by atoms with Crippen LogP contribution in [-0.4, -0.2) is 82.9 Å². The number of aliphatic hydroxyl groups is 1. The molecule has 1 N–H and O–H groups in total. The molecule has 0 spiro atoms. The van der Waals surface area contributed by atoms with Crippen LogP contribution in [0.5, 0.6) is 5.75 Å². The lowest BCUT2D eigenvalue weighted by molar-refractivity contribution is -0.166. The van der Waals surface area contributed by atoms with Gasteiger partial charge in [-0.2, -0.15) is 0 Å². The molecule has 0 unspecified atom stereocenters. The zero-order valence-corrected chi connectivity index (χ0v) is 26.2. The van der Waals surface area contributed by atoms with Gasteiger partial charge in [-0.15, -0.1) is 6.58 Å². The summed E-state index contributed by atoms with van der Waals surface area (Å²) in [6, 6.07) is 7.89. The van der Waals surface area contributed by atoms with E-state index in [1.165, 1.54) is 0 Å². The Morgan fingerprint density at radius 1 is 0.976 bits per heavy atom. The van der Waals surface area contributed by atoms with E-state index in [1.54, 1.807) is 21.3 Å². The third-order valence-corrected chi connectivity index (χ3v) is 7.65. The van der Waals surface area contributed by atoms with E-state index in [2.05, 4.69) is 20.4 Å². The Kier molecular flexibility index (Phi) is 16.4. The molecule has 236 valence electrons. The Balaban J connectivity index is 2.12. The minimum absolute atomic E-state index is 0.0189. The molecule has 1 fully saturated rings. The number of hydrogen-bond acceptors (Lipinski definition) is 9. The molecular weight excluding hydrogens is 528 g/mol. The lowest BCUT2D eigenvalue weighted by Gasteiger charge is -2.34. The average Bonchev–Trinajstić information content (AvgIpc) is 3.33. The van der Waals surface area contributed by atoms with Gasteiger partial charge in [-0.3, -0.25) is 0 Å². The second-order valence-corrected chi connectivity index (χ2v) is 11.4. The van der Waals surface area contributed by atoms with Crippen LogP contribution < -0.4 is 4.74 Å². The molecule has 7 atom stereocenters. The van der Waals surface area contributed by atoms with Crippen LogP contribution in [0.4, 0.5) is 0 Å². The summed E-state index contributed by atoms with van der Waals surface area (Å²) in [6.07, 6.45) is 3.97. The fraction of sp³-hybridized carbons (Fsp3) is 0.750. The highest BCUT2D eigenvalue weighted by molar-refractivity contribution is 5.26. The van der Waals surface area contributed by atoms with Crippen molar-refractivity contribution in [2.45, 2.75) is 103 Å². The van der Waals surface area contributed by atoms with Crippen LogP contribution >= 0.6 is 0 Å². The van der Waals surface area contributed by atoms with E-state index in [4.69, 9.17) is 37.9 Å². The third kappa shape index (κ3) is 12.7. The Morgan fingerprint density at radius 3 is 2.20 bits per heavy atom. The molecule has 0 aromatic heterocycles. The fourth-order valence-corrected chi connectivity index (χ4v) is 5.20. The Labute approximate surface area is 247 Å². The summed E-state index contributed by atoms with van der Waals surface area (Å²) in [5, 5.41) is 10.6. The van der Waals surface area contributed by atoms with Crippen molar-refractivity contribution in [1.29, 1.82) is 0 Å². The van der Waals surface area contributed by atoms with Crippen molar-refractivity contribution in [3.05, 3.63) is 42.5 Å². The van der Waals surface area contributed by atoms with Gasteiger partial charge in [0.05, 0.1) is 44.7 Å². The van der Waals surface area contributed by atoms with Crippen molar-refractivity contribution < 1.29 is 43.0 Å². The quantitative estimate of drug-likeness (QED) is 0.141. The van der Waals surface area contributed by atoms with Crippen molar-refractivity contribution in [1.82, 2.24) is 0 Å². The molecule has 1 aromatic rings. The Hall–Kier alpha value is -1.56. The van der Waals surface area contributed by atoms with Crippen LogP contribution in [0, 0.1) is 11.8 Å². The summed E-state index contributed by atoms with van der Waals surface area (Å²) in [5.74, 6) is 0.288. The summed E-state index contributed by atoms with van der Waals surface area (Å²) in [5.41, 5.74) is 1.06. The second-order valence-electron chi connectivity index (χ2n) is 11.4. The molecule has 41 heavy (non-hydrogen) atoms. The number of methoxy groups -OCH3 is 3. The van der Waals surface area contributed by atoms with Gasteiger partial charge in [-0.1, -0.05) is 32.1 Å². The highest BCUT2D eigenvalue weighted by Gasteiger charge is 2.40. The zero-order valence-electron chi connectivity index (χ0n) is 26.2. The molecular formula is C32H54O9. The molecule has 1 saturated heterocycles. The normalized spacial score (nSPS) is 21.1. The number of rotatable bonds is 22. The molecule has 1 aromatic carbocycles. The molecule has 9 nitrogen and oxygen atoms in total. The number of allylic oxidation sites excluding steroid dienone is 1. The van der Waals surface area contributed by atoms with Crippen LogP contribution in [0.1, 0.15) is 65.4 Å². The maximum absolute atomic E-state index is 10.6. The highest BCUT2D eigenvalue weighted by atomic mass is 16.7. The maximum atomic E-state index is 10.6. The summed E-state index contributed by atoms with van der Waals surface area (Å²) in [7, 11) is 4.87. The Bertz CT molecular complexity index is 831. The number of hydrogen-bond donors (Lipinski definition) is 1. The Morgan fingerprint density at radius 2 is 1.63 bits per heavy atom. The number of ether oxygens (including phenoxy) is 8. The smallest absolute Gasteiger partial charge is 0.163 e. The average molecular weight is 583 g/mol. The zero-order chi connectivity index (χ0) is 30.3. The van der Waals surface area contributed by atoms with Crippen LogP contribution in [-0.2, 0) is 39.8 Å². The minimum Gasteiger partial charge on any atom is -0.497 e. The molecule has 9 heteroatoms. The van der Waals surface area contributed by atoms with Crippen LogP contribution in [0.3, 0.4) is 0 Å². The molecule has 0 bridgehead atoms. The predicted molar refractivity (Wildman–Crippen MR) is 158 cm³/mol. The lowest BCUT2D eigenvalue weighted by atomic mass is 9.86. The molecule has 0 saturated carbocycles. The van der Waals surface area contributed by atoms with Crippen molar-refractivity contribution in [3.8, 4) is 5.75 Å². The SMILES string of the molecule is C=CCC[C@H](O)C[C@@H](OCOC)[C@@H](C)[C@H](CC[C@@H](C)[C@H](OCc1ccc(OC)cc1)[C@@H]1COC(C)(C)O1)OCOC. The first-order chi connectivity index (χ1) is 19.6. The topological polar surface area (TPSA) is 94.1 Å². The molecule has 1 aliphatic rings. The predicted octanol–water partition coefficient (Wildman–Crippen LogP) is 5.48. The number of aliphatic hydroxyl groups excluding tert-OH is 1. The molecule has 0 radical (unpaired) electrons. The summed E-state index contributed by atoms with van der Waals surface area (Å²) in [4.78, 5) is 0. The van der Waals surface area contributed by atoms with Gasteiger partial charge in [0.25, 0.3) is 0 Å². The molecule has 0 amide bonds. The molecule has 1 aliphatic heterocycles. The van der Waals surface area contributed by atoms with Crippen molar-refractivity contribution in [3.63, 3.8) is 0 Å². The monoisotopic (exact) mass is 582 g/mol. The van der Waals surface area contributed by atoms with Gasteiger partial charge in [0.2, 0.25) is 0 Å². The van der Waals surface area contributed by atoms with E-state index >= 15 is 0 Å². The number of benzene rings is 1. The van der Waals surface area contributed by atoms with Gasteiger partial charge in [-0.25, -0.2) is 0 Å². The molecule has 2 rings (SSSR count). The van der Waals surface area contributed by atoms with Crippen molar-refractivity contribution in [2.75, 3.05) is 41.5 Å². The van der Waals surface area contributed by atoms with Gasteiger partial charge in [0.15, 0.2) is 5.79 Å². The third-order valence-electron chi connectivity index (χ3n) is 7.65. The van der Waals surface area contributed by atoms with E-state index in [0.717, 1.165) is 30.6 Å². The van der Waals surface area contributed by atoms with Crippen LogP contribution in [0.2, 0.25) is 0 Å². The lowest BCUT2D eigenvalue weighted by Crippen LogP contribution is -2.40. The maximum Gasteiger partial charge on any atom is 0.163 e. The first kappa shape index (κ1) is 35.6. The van der Waals surface area contributed by atoms with Crippen molar-refractivity contribution in [2.24, 2.45) is 11.8 Å². The van der Waals surface area contributed by atoms with Gasteiger partial charge in [0, 0.05) is 20.1 Å². The van der Waals surface area contributed by atoms with Gasteiger partial charge in [-0.05, 0) is 69.6 Å².